The van der Waals surface area contributed by atoms with Gasteiger partial charge in [-0.25, -0.2) is 9.59 Å². The number of carboxylic acid groups (broad SMARTS) is 1. The Bertz CT molecular complexity index is 403. The number of carboxylic acids is 1. The molecule has 8 heteroatoms. The minimum Gasteiger partial charge on any atom is -0.479 e. The fourth-order valence-electron chi connectivity index (χ4n) is 2.47. The molecule has 2 heterocycles. The fourth-order valence-corrected chi connectivity index (χ4v) is 4.02. The number of nitrogens with one attached hydrogen (secondary N) is 2. The van der Waals surface area contributed by atoms with Gasteiger partial charge in [0.25, 0.3) is 0 Å². The number of fused-ring (bicyclic) bond motifs is 1. The summed E-state index contributed by atoms with van der Waals surface area (Å²) in [5, 5.41) is 14.6. The van der Waals surface area contributed by atoms with Crippen molar-refractivity contribution in [3.8, 4) is 0 Å². The molecule has 0 spiro atoms. The van der Waals surface area contributed by atoms with Crippen LogP contribution in [0.2, 0.25) is 0 Å². The summed E-state index contributed by atoms with van der Waals surface area (Å²) in [5.74, 6) is -0.689. The van der Waals surface area contributed by atoms with Crippen LogP contribution in [-0.2, 0) is 14.3 Å². The quantitative estimate of drug-likeness (QED) is 0.356. The van der Waals surface area contributed by atoms with Crippen LogP contribution >= 0.6 is 11.8 Å². The Morgan fingerprint density at radius 3 is 2.90 bits per heavy atom. The Kier molecular flexibility index (Phi) is 5.11. The van der Waals surface area contributed by atoms with Crippen LogP contribution in [0.15, 0.2) is 0 Å². The van der Waals surface area contributed by atoms with E-state index < -0.39 is 18.5 Å². The molecule has 2 amide bonds. The first-order valence-electron chi connectivity index (χ1n) is 6.62. The molecule has 2 saturated heterocycles. The summed E-state index contributed by atoms with van der Waals surface area (Å²) in [7, 11) is 0. The molecule has 0 aliphatic carbocycles. The number of unbranched alkanes of at least 4 members (excludes halogenated alkanes) is 1. The van der Waals surface area contributed by atoms with E-state index in [1.807, 2.05) is 11.8 Å². The molecule has 3 atom stereocenters. The van der Waals surface area contributed by atoms with Gasteiger partial charge in [-0.15, -0.1) is 0 Å². The van der Waals surface area contributed by atoms with Crippen molar-refractivity contribution >= 4 is 29.7 Å². The van der Waals surface area contributed by atoms with Crippen molar-refractivity contribution in [3.63, 3.8) is 0 Å². The third kappa shape index (κ3) is 4.03. The molecule has 7 nitrogen and oxygen atoms in total. The lowest BCUT2D eigenvalue weighted by Crippen LogP contribution is -2.36. The molecule has 3 N–H and O–H groups in total. The van der Waals surface area contributed by atoms with Crippen molar-refractivity contribution in [1.82, 2.24) is 10.6 Å². The van der Waals surface area contributed by atoms with E-state index in [1.165, 1.54) is 0 Å². The number of carbonyl (C=O) groups is 3. The highest BCUT2D eigenvalue weighted by Crippen LogP contribution is 2.33. The number of amides is 2. The molecular formula is C12H18N2O5S. The molecule has 0 radical (unpaired) electrons. The first-order chi connectivity index (χ1) is 9.56. The summed E-state index contributed by atoms with van der Waals surface area (Å²) in [5.41, 5.74) is 0. The maximum Gasteiger partial charge on any atom is 0.341 e. The van der Waals surface area contributed by atoms with Crippen LogP contribution in [0.25, 0.3) is 0 Å². The summed E-state index contributed by atoms with van der Waals surface area (Å²) < 4.78 is 4.55. The zero-order valence-electron chi connectivity index (χ0n) is 11.0. The predicted molar refractivity (Wildman–Crippen MR) is 72.6 cm³/mol. The predicted octanol–water partition coefficient (Wildman–Crippen LogP) is 0.340. The van der Waals surface area contributed by atoms with Crippen molar-refractivity contribution in [2.75, 3.05) is 12.4 Å². The van der Waals surface area contributed by atoms with Crippen molar-refractivity contribution in [2.24, 2.45) is 0 Å². The largest absolute Gasteiger partial charge is 0.479 e. The van der Waals surface area contributed by atoms with Gasteiger partial charge >= 0.3 is 18.0 Å². The molecule has 0 aromatic rings. The average Bonchev–Trinajstić information content (AvgIpc) is 2.92. The zero-order valence-corrected chi connectivity index (χ0v) is 11.8. The van der Waals surface area contributed by atoms with Gasteiger partial charge in [0, 0.05) is 17.4 Å². The van der Waals surface area contributed by atoms with E-state index in [4.69, 9.17) is 5.11 Å². The number of hydrogen-bond acceptors (Lipinski definition) is 5. The second kappa shape index (κ2) is 6.83. The number of rotatable bonds is 7. The van der Waals surface area contributed by atoms with Crippen LogP contribution in [0.5, 0.6) is 0 Å². The van der Waals surface area contributed by atoms with Crippen molar-refractivity contribution in [2.45, 2.75) is 43.0 Å². The molecular weight excluding hydrogens is 284 g/mol. The molecule has 2 rings (SSSR count). The van der Waals surface area contributed by atoms with Crippen LogP contribution in [0.3, 0.4) is 0 Å². The Morgan fingerprint density at radius 1 is 1.35 bits per heavy atom. The summed E-state index contributed by atoms with van der Waals surface area (Å²) in [6, 6.07) is 0.312. The van der Waals surface area contributed by atoms with Crippen molar-refractivity contribution in [1.29, 1.82) is 0 Å². The molecule has 2 aliphatic heterocycles. The van der Waals surface area contributed by atoms with Gasteiger partial charge in [-0.2, -0.15) is 11.8 Å². The second-order valence-corrected chi connectivity index (χ2v) is 6.19. The van der Waals surface area contributed by atoms with E-state index >= 15 is 0 Å². The summed E-state index contributed by atoms with van der Waals surface area (Å²) in [6.07, 6.45) is 2.70. The smallest absolute Gasteiger partial charge is 0.341 e. The highest BCUT2D eigenvalue weighted by Gasteiger charge is 2.42. The van der Waals surface area contributed by atoms with Crippen molar-refractivity contribution < 1.29 is 24.2 Å². The molecule has 0 unspecified atom stereocenters. The van der Waals surface area contributed by atoms with Crippen LogP contribution < -0.4 is 10.6 Å². The third-order valence-electron chi connectivity index (χ3n) is 3.41. The number of thioether (sulfide) groups is 1. The lowest BCUT2D eigenvalue weighted by molar-refractivity contribution is -0.155. The number of ether oxygens (including phenoxy) is 1. The Morgan fingerprint density at radius 2 is 2.15 bits per heavy atom. The maximum absolute atomic E-state index is 11.2. The first-order valence-corrected chi connectivity index (χ1v) is 7.67. The molecule has 0 saturated carbocycles. The minimum absolute atomic E-state index is 0.0949. The summed E-state index contributed by atoms with van der Waals surface area (Å²) in [6.45, 7) is -0.571. The van der Waals surface area contributed by atoms with Crippen LogP contribution in [0, 0.1) is 0 Å². The standard InChI is InChI=1S/C12H18N2O5S/c15-9(16)5-19-10(17)4-2-1-3-8-11-7(6-20-8)13-12(18)14-11/h7-8,11H,1-6H2,(H,15,16)(H2,13,14,18)/t7-,8-,11-/m0/s1. The van der Waals surface area contributed by atoms with Gasteiger partial charge in [-0.1, -0.05) is 6.42 Å². The molecule has 2 fully saturated rings. The lowest BCUT2D eigenvalue weighted by atomic mass is 10.0. The fraction of sp³-hybridized carbons (Fsp3) is 0.750. The third-order valence-corrected chi connectivity index (χ3v) is 4.92. The number of carbonyl (C=O) groups excluding carboxylic acids is 2. The van der Waals surface area contributed by atoms with Crippen molar-refractivity contribution in [3.05, 3.63) is 0 Å². The minimum atomic E-state index is -1.14. The molecule has 0 bridgehead atoms. The van der Waals surface area contributed by atoms with Gasteiger partial charge in [0.05, 0.1) is 12.1 Å². The zero-order chi connectivity index (χ0) is 14.5. The first kappa shape index (κ1) is 15.0. The molecule has 112 valence electrons. The molecule has 2 aliphatic rings. The van der Waals surface area contributed by atoms with E-state index in [1.54, 1.807) is 0 Å². The van der Waals surface area contributed by atoms with Crippen LogP contribution in [0.1, 0.15) is 25.7 Å². The van der Waals surface area contributed by atoms with Gasteiger partial charge in [0.2, 0.25) is 0 Å². The van der Waals surface area contributed by atoms with Crippen LogP contribution in [-0.4, -0.2) is 52.8 Å². The van der Waals surface area contributed by atoms with E-state index in [-0.39, 0.29) is 24.5 Å². The number of aliphatic carboxylic acids is 1. The molecule has 0 aromatic heterocycles. The number of hydrogen-bond donors (Lipinski definition) is 3. The number of esters is 1. The lowest BCUT2D eigenvalue weighted by Gasteiger charge is -2.16. The van der Waals surface area contributed by atoms with E-state index in [2.05, 4.69) is 15.4 Å². The average molecular weight is 302 g/mol. The SMILES string of the molecule is O=C(O)COC(=O)CCCC[C@@H]1SC[C@@H]2NC(=O)N[C@@H]21. The summed E-state index contributed by atoms with van der Waals surface area (Å²) in [4.78, 5) is 32.6. The highest BCUT2D eigenvalue weighted by molar-refractivity contribution is 8.00. The Hall–Kier alpha value is -1.44. The molecule has 0 aromatic carbocycles. The van der Waals surface area contributed by atoms with E-state index in [0.717, 1.165) is 18.6 Å². The topological polar surface area (TPSA) is 105 Å². The number of urea groups is 1. The maximum atomic E-state index is 11.2. The van der Waals surface area contributed by atoms with Gasteiger partial charge in [0.1, 0.15) is 0 Å². The van der Waals surface area contributed by atoms with Gasteiger partial charge in [-0.05, 0) is 12.8 Å². The van der Waals surface area contributed by atoms with E-state index in [0.29, 0.717) is 11.7 Å². The monoisotopic (exact) mass is 302 g/mol. The molecule has 20 heavy (non-hydrogen) atoms. The Balaban J connectivity index is 1.58. The van der Waals surface area contributed by atoms with Gasteiger partial charge in [0.15, 0.2) is 6.61 Å². The highest BCUT2D eigenvalue weighted by atomic mass is 32.2. The van der Waals surface area contributed by atoms with Gasteiger partial charge < -0.3 is 20.5 Å². The van der Waals surface area contributed by atoms with Gasteiger partial charge in [-0.3, -0.25) is 4.79 Å². The Labute approximate surface area is 120 Å². The second-order valence-electron chi connectivity index (χ2n) is 4.92. The summed E-state index contributed by atoms with van der Waals surface area (Å²) >= 11 is 1.84. The van der Waals surface area contributed by atoms with Crippen LogP contribution in [0.4, 0.5) is 4.79 Å². The normalized spacial score (nSPS) is 27.6. The van der Waals surface area contributed by atoms with E-state index in [9.17, 15) is 14.4 Å².